The van der Waals surface area contributed by atoms with Gasteiger partial charge in [-0.15, -0.1) is 0 Å². The lowest BCUT2D eigenvalue weighted by Gasteiger charge is -2.29. The third-order valence-corrected chi connectivity index (χ3v) is 3.31. The second kappa shape index (κ2) is 6.58. The molecule has 0 unspecified atom stereocenters. The molecule has 104 valence electrons. The van der Waals surface area contributed by atoms with Crippen LogP contribution in [-0.2, 0) is 0 Å². The largest absolute Gasteiger partial charge is 0.339 e. The Kier molecular flexibility index (Phi) is 4.81. The molecule has 0 radical (unpaired) electrons. The van der Waals surface area contributed by atoms with Crippen LogP contribution in [0.1, 0.15) is 16.2 Å². The van der Waals surface area contributed by atoms with E-state index in [1.165, 1.54) is 0 Å². The molecule has 0 aliphatic carbocycles. The van der Waals surface area contributed by atoms with Crippen molar-refractivity contribution in [1.29, 1.82) is 0 Å². The molecule has 19 heavy (non-hydrogen) atoms. The number of aryl methyl sites for hydroxylation is 1. The number of piperazine rings is 1. The van der Waals surface area contributed by atoms with Gasteiger partial charge in [0.05, 0.1) is 11.9 Å². The molecule has 1 fully saturated rings. The van der Waals surface area contributed by atoms with Crippen LogP contribution in [-0.4, -0.2) is 72.0 Å². The van der Waals surface area contributed by atoms with E-state index in [0.29, 0.717) is 12.2 Å². The van der Waals surface area contributed by atoms with Crippen molar-refractivity contribution < 1.29 is 4.79 Å². The summed E-state index contributed by atoms with van der Waals surface area (Å²) in [5.41, 5.74) is 1.23. The first-order valence-electron chi connectivity index (χ1n) is 6.64. The van der Waals surface area contributed by atoms with Crippen molar-refractivity contribution in [3.05, 3.63) is 23.8 Å². The maximum atomic E-state index is 12.1. The van der Waals surface area contributed by atoms with E-state index in [9.17, 15) is 4.79 Å². The fourth-order valence-corrected chi connectivity index (χ4v) is 2.03. The third-order valence-electron chi connectivity index (χ3n) is 3.31. The molecule has 0 saturated carbocycles. The molecular weight excluding hydrogens is 242 g/mol. The van der Waals surface area contributed by atoms with E-state index in [2.05, 4.69) is 20.2 Å². The molecular formula is C13H21N5O. The quantitative estimate of drug-likeness (QED) is 0.812. The van der Waals surface area contributed by atoms with Crippen molar-refractivity contribution in [2.45, 2.75) is 6.92 Å². The van der Waals surface area contributed by atoms with Gasteiger partial charge in [0.1, 0.15) is 5.69 Å². The molecule has 1 amide bonds. The fraction of sp³-hybridized carbons (Fsp3) is 0.615. The number of hydrogen-bond acceptors (Lipinski definition) is 5. The van der Waals surface area contributed by atoms with E-state index in [1.807, 2.05) is 14.0 Å². The van der Waals surface area contributed by atoms with Crippen molar-refractivity contribution in [2.24, 2.45) is 0 Å². The van der Waals surface area contributed by atoms with E-state index in [-0.39, 0.29) is 5.91 Å². The molecule has 1 aliphatic rings. The first kappa shape index (κ1) is 13.9. The van der Waals surface area contributed by atoms with E-state index in [1.54, 1.807) is 17.3 Å². The summed E-state index contributed by atoms with van der Waals surface area (Å²) in [5.74, 6) is -0.0670. The van der Waals surface area contributed by atoms with Crippen LogP contribution in [0.4, 0.5) is 0 Å². The maximum Gasteiger partial charge on any atom is 0.273 e. The number of nitrogens with zero attached hydrogens (tertiary/aromatic N) is 4. The summed E-state index contributed by atoms with van der Waals surface area (Å²) in [6.07, 6.45) is 3.16. The molecule has 1 saturated heterocycles. The van der Waals surface area contributed by atoms with Gasteiger partial charge in [-0.3, -0.25) is 14.7 Å². The lowest BCUT2D eigenvalue weighted by atomic mass is 10.3. The Morgan fingerprint density at radius 2 is 2.11 bits per heavy atom. The van der Waals surface area contributed by atoms with Crippen LogP contribution < -0.4 is 5.32 Å². The Labute approximate surface area is 113 Å². The molecule has 6 nitrogen and oxygen atoms in total. The number of aromatic nitrogens is 2. The molecule has 0 atom stereocenters. The zero-order chi connectivity index (χ0) is 13.7. The number of carbonyl (C=O) groups is 1. The van der Waals surface area contributed by atoms with Crippen LogP contribution in [0.15, 0.2) is 12.4 Å². The Balaban J connectivity index is 1.83. The highest BCUT2D eigenvalue weighted by molar-refractivity contribution is 5.91. The van der Waals surface area contributed by atoms with Crippen molar-refractivity contribution >= 4 is 5.91 Å². The maximum absolute atomic E-state index is 12.1. The highest BCUT2D eigenvalue weighted by Crippen LogP contribution is 2.00. The standard InChI is InChI=1S/C13H21N5O/c1-11-9-16-12(10-15-11)13(19)17(2)7-8-18-5-3-14-4-6-18/h9-10,14H,3-8H2,1-2H3. The minimum absolute atomic E-state index is 0.0670. The zero-order valence-electron chi connectivity index (χ0n) is 11.6. The van der Waals surface area contributed by atoms with Crippen LogP contribution in [0, 0.1) is 6.92 Å². The van der Waals surface area contributed by atoms with Crippen LogP contribution in [0.3, 0.4) is 0 Å². The summed E-state index contributed by atoms with van der Waals surface area (Å²) in [4.78, 5) is 24.4. The monoisotopic (exact) mass is 263 g/mol. The number of amides is 1. The molecule has 2 rings (SSSR count). The summed E-state index contributed by atoms with van der Waals surface area (Å²) in [5, 5.41) is 3.32. The van der Waals surface area contributed by atoms with Crippen LogP contribution >= 0.6 is 0 Å². The van der Waals surface area contributed by atoms with Gasteiger partial charge in [-0.05, 0) is 6.92 Å². The lowest BCUT2D eigenvalue weighted by Crippen LogP contribution is -2.46. The summed E-state index contributed by atoms with van der Waals surface area (Å²) in [7, 11) is 1.81. The molecule has 0 aromatic carbocycles. The summed E-state index contributed by atoms with van der Waals surface area (Å²) >= 11 is 0. The number of nitrogens with one attached hydrogen (secondary N) is 1. The first-order valence-corrected chi connectivity index (χ1v) is 6.64. The summed E-state index contributed by atoms with van der Waals surface area (Å²) in [6, 6.07) is 0. The van der Waals surface area contributed by atoms with Gasteiger partial charge in [0.15, 0.2) is 0 Å². The zero-order valence-corrected chi connectivity index (χ0v) is 11.6. The van der Waals surface area contributed by atoms with Crippen molar-refractivity contribution in [2.75, 3.05) is 46.3 Å². The number of rotatable bonds is 4. The van der Waals surface area contributed by atoms with E-state index >= 15 is 0 Å². The summed E-state index contributed by atoms with van der Waals surface area (Å²) < 4.78 is 0. The fourth-order valence-electron chi connectivity index (χ4n) is 2.03. The number of carbonyl (C=O) groups excluding carboxylic acids is 1. The smallest absolute Gasteiger partial charge is 0.273 e. The van der Waals surface area contributed by atoms with Crippen molar-refractivity contribution in [3.63, 3.8) is 0 Å². The van der Waals surface area contributed by atoms with Crippen LogP contribution in [0.25, 0.3) is 0 Å². The van der Waals surface area contributed by atoms with Gasteiger partial charge in [-0.25, -0.2) is 4.98 Å². The van der Waals surface area contributed by atoms with Gasteiger partial charge in [0, 0.05) is 52.5 Å². The molecule has 1 aliphatic heterocycles. The molecule has 0 bridgehead atoms. The van der Waals surface area contributed by atoms with E-state index in [4.69, 9.17) is 0 Å². The topological polar surface area (TPSA) is 61.4 Å². The molecule has 0 spiro atoms. The van der Waals surface area contributed by atoms with Crippen LogP contribution in [0.2, 0.25) is 0 Å². The van der Waals surface area contributed by atoms with Gasteiger partial charge in [-0.2, -0.15) is 0 Å². The highest BCUT2D eigenvalue weighted by Gasteiger charge is 2.15. The predicted octanol–water partition coefficient (Wildman–Crippen LogP) is -0.238. The van der Waals surface area contributed by atoms with E-state index < -0.39 is 0 Å². The molecule has 1 N–H and O–H groups in total. The Morgan fingerprint density at radius 1 is 1.37 bits per heavy atom. The predicted molar refractivity (Wildman–Crippen MR) is 73.0 cm³/mol. The second-order valence-electron chi connectivity index (χ2n) is 4.86. The number of hydrogen-bond donors (Lipinski definition) is 1. The first-order chi connectivity index (χ1) is 9.16. The Morgan fingerprint density at radius 3 is 2.74 bits per heavy atom. The van der Waals surface area contributed by atoms with Gasteiger partial charge < -0.3 is 10.2 Å². The number of likely N-dealkylation sites (N-methyl/N-ethyl adjacent to an activating group) is 1. The minimum Gasteiger partial charge on any atom is -0.339 e. The highest BCUT2D eigenvalue weighted by atomic mass is 16.2. The Hall–Kier alpha value is -1.53. The van der Waals surface area contributed by atoms with Crippen molar-refractivity contribution in [3.8, 4) is 0 Å². The van der Waals surface area contributed by atoms with Crippen molar-refractivity contribution in [1.82, 2.24) is 25.1 Å². The molecule has 6 heteroatoms. The minimum atomic E-state index is -0.0670. The van der Waals surface area contributed by atoms with Gasteiger partial charge in [0.25, 0.3) is 5.91 Å². The van der Waals surface area contributed by atoms with Gasteiger partial charge in [-0.1, -0.05) is 0 Å². The molecule has 1 aromatic heterocycles. The molecule has 1 aromatic rings. The van der Waals surface area contributed by atoms with Gasteiger partial charge >= 0.3 is 0 Å². The average molecular weight is 263 g/mol. The SMILES string of the molecule is Cc1cnc(C(=O)N(C)CCN2CCNCC2)cn1. The lowest BCUT2D eigenvalue weighted by molar-refractivity contribution is 0.0768. The third kappa shape index (κ3) is 3.97. The Bertz CT molecular complexity index is 414. The average Bonchev–Trinajstić information content (AvgIpc) is 2.46. The second-order valence-corrected chi connectivity index (χ2v) is 4.86. The normalized spacial score (nSPS) is 16.3. The van der Waals surface area contributed by atoms with Crippen LogP contribution in [0.5, 0.6) is 0 Å². The van der Waals surface area contributed by atoms with Gasteiger partial charge in [0.2, 0.25) is 0 Å². The summed E-state index contributed by atoms with van der Waals surface area (Å²) in [6.45, 7) is 7.63. The molecule has 2 heterocycles. The van der Waals surface area contributed by atoms with E-state index in [0.717, 1.165) is 38.4 Å².